The third kappa shape index (κ3) is 3.40. The highest BCUT2D eigenvalue weighted by Crippen LogP contribution is 2.31. The van der Waals surface area contributed by atoms with Gasteiger partial charge in [-0.3, -0.25) is 4.79 Å². The van der Waals surface area contributed by atoms with Crippen molar-refractivity contribution in [3.63, 3.8) is 0 Å². The smallest absolute Gasteiger partial charge is 0.394 e. The summed E-state index contributed by atoms with van der Waals surface area (Å²) in [6.45, 7) is 0.249. The number of halogens is 3. The Morgan fingerprint density at radius 2 is 2.00 bits per heavy atom. The minimum absolute atomic E-state index is 0.304. The van der Waals surface area contributed by atoms with Crippen LogP contribution >= 0.6 is 11.3 Å². The number of nitrogens with zero attached hydrogens (tertiary/aromatic N) is 1. The number of thiazole rings is 1. The van der Waals surface area contributed by atoms with E-state index in [4.69, 9.17) is 10.2 Å². The fourth-order valence-electron chi connectivity index (χ4n) is 0.975. The van der Waals surface area contributed by atoms with Crippen LogP contribution in [0.25, 0.3) is 0 Å². The molecule has 3 N–H and O–H groups in total. The maximum absolute atomic E-state index is 12.3. The largest absolute Gasteiger partial charge is 0.443 e. The molecule has 0 aromatic carbocycles. The van der Waals surface area contributed by atoms with E-state index in [0.29, 0.717) is 11.3 Å². The normalized spacial score (nSPS) is 12.6. The van der Waals surface area contributed by atoms with E-state index in [1.54, 1.807) is 0 Å². The number of carbonyl (C=O) groups excluding carboxylic acids is 1. The third-order valence-electron chi connectivity index (χ3n) is 2.09. The molecule has 1 rings (SSSR count). The van der Waals surface area contributed by atoms with E-state index < -0.39 is 41.5 Å². The molecule has 9 heteroatoms. The van der Waals surface area contributed by atoms with Crippen LogP contribution in [0.5, 0.6) is 0 Å². The molecule has 0 aliphatic heterocycles. The Balaban J connectivity index is 2.83. The molecule has 1 amide bonds. The fourth-order valence-corrected chi connectivity index (χ4v) is 1.64. The fraction of sp³-hybridized carbons (Fsp3) is 0.556. The lowest BCUT2D eigenvalue weighted by molar-refractivity contribution is -0.137. The number of carbonyl (C=O) groups is 1. The lowest BCUT2D eigenvalue weighted by Crippen LogP contribution is -2.51. The maximum Gasteiger partial charge on any atom is 0.443 e. The van der Waals surface area contributed by atoms with Crippen molar-refractivity contribution in [2.75, 3.05) is 13.2 Å². The average Bonchev–Trinajstić information content (AvgIpc) is 2.77. The Labute approximate surface area is 104 Å². The molecule has 0 aliphatic carbocycles. The number of hydrogen-bond donors (Lipinski definition) is 3. The lowest BCUT2D eigenvalue weighted by Gasteiger charge is -2.25. The van der Waals surface area contributed by atoms with E-state index in [1.165, 1.54) is 6.92 Å². The van der Waals surface area contributed by atoms with Gasteiger partial charge in [0.25, 0.3) is 5.91 Å². The van der Waals surface area contributed by atoms with Crippen molar-refractivity contribution in [1.82, 2.24) is 10.3 Å². The van der Waals surface area contributed by atoms with Gasteiger partial charge in [-0.2, -0.15) is 13.2 Å². The summed E-state index contributed by atoms with van der Waals surface area (Å²) in [6, 6.07) is 0. The summed E-state index contributed by atoms with van der Waals surface area (Å²) in [6.07, 6.45) is -4.60. The number of alkyl halides is 3. The second-order valence-corrected chi connectivity index (χ2v) is 4.72. The van der Waals surface area contributed by atoms with Crippen LogP contribution in [0.3, 0.4) is 0 Å². The molecule has 0 radical (unpaired) electrons. The SMILES string of the molecule is CC(CO)(CO)NC(=O)c1csc(C(F)(F)F)n1. The van der Waals surface area contributed by atoms with Crippen LogP contribution in [-0.4, -0.2) is 39.9 Å². The van der Waals surface area contributed by atoms with E-state index in [2.05, 4.69) is 10.3 Å². The van der Waals surface area contributed by atoms with Gasteiger partial charge in [0.05, 0.1) is 18.8 Å². The first kappa shape index (κ1) is 14.9. The number of aliphatic hydroxyl groups excluding tert-OH is 2. The molecule has 5 nitrogen and oxygen atoms in total. The third-order valence-corrected chi connectivity index (χ3v) is 2.98. The van der Waals surface area contributed by atoms with Gasteiger partial charge in [0.1, 0.15) is 5.69 Å². The van der Waals surface area contributed by atoms with Gasteiger partial charge < -0.3 is 15.5 Å². The van der Waals surface area contributed by atoms with Gasteiger partial charge in [0.15, 0.2) is 5.01 Å². The van der Waals surface area contributed by atoms with E-state index in [9.17, 15) is 18.0 Å². The minimum Gasteiger partial charge on any atom is -0.394 e. The average molecular weight is 284 g/mol. The Bertz CT molecular complexity index is 429. The lowest BCUT2D eigenvalue weighted by atomic mass is 10.1. The van der Waals surface area contributed by atoms with E-state index in [1.807, 2.05) is 0 Å². The Kier molecular flexibility index (Phi) is 4.30. The van der Waals surface area contributed by atoms with Crippen molar-refractivity contribution in [2.45, 2.75) is 18.6 Å². The molecule has 1 aromatic heterocycles. The predicted octanol–water partition coefficient (Wildman–Crippen LogP) is 0.635. The number of rotatable bonds is 4. The first-order valence-electron chi connectivity index (χ1n) is 4.79. The first-order chi connectivity index (χ1) is 8.22. The molecule has 0 aliphatic rings. The highest BCUT2D eigenvalue weighted by molar-refractivity contribution is 7.09. The predicted molar refractivity (Wildman–Crippen MR) is 57.2 cm³/mol. The molecule has 0 unspecified atom stereocenters. The second-order valence-electron chi connectivity index (χ2n) is 3.87. The van der Waals surface area contributed by atoms with Gasteiger partial charge in [0, 0.05) is 5.38 Å². The van der Waals surface area contributed by atoms with E-state index >= 15 is 0 Å². The summed E-state index contributed by atoms with van der Waals surface area (Å²) in [5.41, 5.74) is -1.71. The first-order valence-corrected chi connectivity index (χ1v) is 5.67. The molecule has 0 spiro atoms. The van der Waals surface area contributed by atoms with Crippen LogP contribution in [0.15, 0.2) is 5.38 Å². The molecule has 0 saturated heterocycles. The van der Waals surface area contributed by atoms with Crippen molar-refractivity contribution in [2.24, 2.45) is 0 Å². The molecule has 1 heterocycles. The van der Waals surface area contributed by atoms with Crippen molar-refractivity contribution >= 4 is 17.2 Å². The molecule has 18 heavy (non-hydrogen) atoms. The van der Waals surface area contributed by atoms with Crippen LogP contribution in [0, 0.1) is 0 Å². The summed E-state index contributed by atoms with van der Waals surface area (Å²) in [7, 11) is 0. The number of hydrogen-bond acceptors (Lipinski definition) is 5. The number of aliphatic hydroxyl groups is 2. The molecule has 102 valence electrons. The number of aromatic nitrogens is 1. The summed E-state index contributed by atoms with van der Waals surface area (Å²) in [5, 5.41) is 19.9. The molecule has 0 saturated carbocycles. The number of amides is 1. The van der Waals surface area contributed by atoms with Crippen LogP contribution in [0.1, 0.15) is 22.4 Å². The summed E-state index contributed by atoms with van der Waals surface area (Å²) in [5.74, 6) is -0.882. The molecule has 0 atom stereocenters. The van der Waals surface area contributed by atoms with Gasteiger partial charge in [-0.25, -0.2) is 4.98 Å². The van der Waals surface area contributed by atoms with Gasteiger partial charge in [-0.15, -0.1) is 11.3 Å². The van der Waals surface area contributed by atoms with Gasteiger partial charge in [0.2, 0.25) is 0 Å². The summed E-state index contributed by atoms with van der Waals surface area (Å²) >= 11 is 0.304. The van der Waals surface area contributed by atoms with Crippen molar-refractivity contribution in [1.29, 1.82) is 0 Å². The molecule has 0 bridgehead atoms. The van der Waals surface area contributed by atoms with Crippen molar-refractivity contribution in [3.05, 3.63) is 16.1 Å². The van der Waals surface area contributed by atoms with Crippen LogP contribution < -0.4 is 5.32 Å². The zero-order valence-electron chi connectivity index (χ0n) is 9.28. The van der Waals surface area contributed by atoms with Crippen LogP contribution in [0.4, 0.5) is 13.2 Å². The Hall–Kier alpha value is -1.19. The zero-order valence-corrected chi connectivity index (χ0v) is 10.1. The molecular weight excluding hydrogens is 273 g/mol. The molecular formula is C9H11F3N2O3S. The van der Waals surface area contributed by atoms with Gasteiger partial charge >= 0.3 is 6.18 Å². The standard InChI is InChI=1S/C9H11F3N2O3S/c1-8(3-15,4-16)14-6(17)5-2-18-7(13-5)9(10,11)12/h2,15-16H,3-4H2,1H3,(H,14,17). The Morgan fingerprint density at radius 3 is 2.39 bits per heavy atom. The van der Waals surface area contributed by atoms with E-state index in [0.717, 1.165) is 5.38 Å². The monoisotopic (exact) mass is 284 g/mol. The molecule has 0 fully saturated rings. The van der Waals surface area contributed by atoms with Gasteiger partial charge in [-0.1, -0.05) is 0 Å². The van der Waals surface area contributed by atoms with Crippen LogP contribution in [0.2, 0.25) is 0 Å². The van der Waals surface area contributed by atoms with Crippen molar-refractivity contribution in [3.8, 4) is 0 Å². The zero-order chi connectivity index (χ0) is 14.0. The summed E-state index contributed by atoms with van der Waals surface area (Å²) < 4.78 is 36.8. The van der Waals surface area contributed by atoms with Crippen LogP contribution in [-0.2, 0) is 6.18 Å². The topological polar surface area (TPSA) is 82.5 Å². The second kappa shape index (κ2) is 5.21. The van der Waals surface area contributed by atoms with Gasteiger partial charge in [-0.05, 0) is 6.92 Å². The summed E-state index contributed by atoms with van der Waals surface area (Å²) in [4.78, 5) is 14.7. The number of nitrogens with one attached hydrogen (secondary N) is 1. The molecule has 1 aromatic rings. The van der Waals surface area contributed by atoms with E-state index in [-0.39, 0.29) is 0 Å². The van der Waals surface area contributed by atoms with Crippen molar-refractivity contribution < 1.29 is 28.2 Å². The maximum atomic E-state index is 12.3. The highest BCUT2D eigenvalue weighted by Gasteiger charge is 2.35. The minimum atomic E-state index is -4.60. The quantitative estimate of drug-likeness (QED) is 0.757. The Morgan fingerprint density at radius 1 is 1.44 bits per heavy atom. The highest BCUT2D eigenvalue weighted by atomic mass is 32.1.